The number of pyridine rings is 1. The van der Waals surface area contributed by atoms with Gasteiger partial charge in [0.1, 0.15) is 5.75 Å². The minimum absolute atomic E-state index is 0.193. The van der Waals surface area contributed by atoms with Crippen molar-refractivity contribution in [1.29, 1.82) is 0 Å². The van der Waals surface area contributed by atoms with Gasteiger partial charge in [0, 0.05) is 25.0 Å². The van der Waals surface area contributed by atoms with Gasteiger partial charge in [0.05, 0.1) is 13.2 Å². The molecule has 1 N–H and O–H groups in total. The number of methoxy groups -OCH3 is 1. The number of hydrogen-bond acceptors (Lipinski definition) is 4. The van der Waals surface area contributed by atoms with Crippen LogP contribution in [0.5, 0.6) is 5.75 Å². The fourth-order valence-corrected chi connectivity index (χ4v) is 2.26. The summed E-state index contributed by atoms with van der Waals surface area (Å²) < 4.78 is 5.19. The van der Waals surface area contributed by atoms with Crippen LogP contribution in [0.3, 0.4) is 0 Å². The van der Waals surface area contributed by atoms with Crippen molar-refractivity contribution < 1.29 is 9.84 Å². The van der Waals surface area contributed by atoms with Crippen molar-refractivity contribution in [1.82, 2.24) is 9.88 Å². The van der Waals surface area contributed by atoms with Crippen molar-refractivity contribution in [3.63, 3.8) is 0 Å². The van der Waals surface area contributed by atoms with Crippen molar-refractivity contribution >= 4 is 0 Å². The lowest BCUT2D eigenvalue weighted by Crippen LogP contribution is -2.27. The Morgan fingerprint density at radius 3 is 2.67 bits per heavy atom. The summed E-state index contributed by atoms with van der Waals surface area (Å²) >= 11 is 0. The summed E-state index contributed by atoms with van der Waals surface area (Å²) in [5.74, 6) is 0.759. The van der Waals surface area contributed by atoms with Gasteiger partial charge in [0.15, 0.2) is 0 Å². The lowest BCUT2D eigenvalue weighted by Gasteiger charge is -2.27. The second-order valence-corrected chi connectivity index (χ2v) is 5.19. The van der Waals surface area contributed by atoms with Crippen LogP contribution in [0, 0.1) is 0 Å². The zero-order valence-electron chi connectivity index (χ0n) is 12.7. The molecule has 0 radical (unpaired) electrons. The maximum Gasteiger partial charge on any atom is 0.119 e. The van der Waals surface area contributed by atoms with Gasteiger partial charge in [-0.15, -0.1) is 0 Å². The van der Waals surface area contributed by atoms with Crippen molar-refractivity contribution in [3.05, 3.63) is 59.9 Å². The van der Waals surface area contributed by atoms with E-state index in [0.717, 1.165) is 16.9 Å². The largest absolute Gasteiger partial charge is 0.497 e. The van der Waals surface area contributed by atoms with Gasteiger partial charge in [0.2, 0.25) is 0 Å². The van der Waals surface area contributed by atoms with E-state index < -0.39 is 6.10 Å². The first-order valence-electron chi connectivity index (χ1n) is 7.04. The third-order valence-electron chi connectivity index (χ3n) is 3.77. The number of ether oxygens (including phenoxy) is 1. The van der Waals surface area contributed by atoms with E-state index in [1.54, 1.807) is 13.3 Å². The lowest BCUT2D eigenvalue weighted by molar-refractivity contribution is 0.108. The van der Waals surface area contributed by atoms with Crippen molar-refractivity contribution in [2.75, 3.05) is 20.7 Å². The van der Waals surface area contributed by atoms with Crippen LogP contribution in [-0.4, -0.2) is 35.7 Å². The maximum absolute atomic E-state index is 10.4. The standard InChI is InChI=1S/C17H22N2O2/c1-13(15-7-5-9-18-11-15)19(2)12-17(20)14-6-4-8-16(10-14)21-3/h4-11,13,17,20H,12H2,1-3H3. The molecule has 4 heteroatoms. The number of aliphatic hydroxyl groups is 1. The molecule has 0 saturated heterocycles. The van der Waals surface area contributed by atoms with Gasteiger partial charge in [-0.3, -0.25) is 9.88 Å². The summed E-state index contributed by atoms with van der Waals surface area (Å²) in [7, 11) is 3.63. The monoisotopic (exact) mass is 286 g/mol. The Balaban J connectivity index is 2.03. The van der Waals surface area contributed by atoms with Crippen molar-refractivity contribution in [2.45, 2.75) is 19.1 Å². The van der Waals surface area contributed by atoms with Gasteiger partial charge in [-0.05, 0) is 43.3 Å². The summed E-state index contributed by atoms with van der Waals surface area (Å²) in [5, 5.41) is 10.4. The first-order chi connectivity index (χ1) is 10.1. The highest BCUT2D eigenvalue weighted by molar-refractivity contribution is 5.30. The molecule has 0 aliphatic carbocycles. The Morgan fingerprint density at radius 1 is 1.24 bits per heavy atom. The molecule has 0 aliphatic rings. The summed E-state index contributed by atoms with van der Waals surface area (Å²) in [5.41, 5.74) is 2.00. The Kier molecular flexibility index (Phi) is 5.31. The van der Waals surface area contributed by atoms with Crippen LogP contribution in [0.4, 0.5) is 0 Å². The van der Waals surface area contributed by atoms with Crippen LogP contribution >= 0.6 is 0 Å². The molecule has 0 spiro atoms. The van der Waals surface area contributed by atoms with Gasteiger partial charge >= 0.3 is 0 Å². The molecule has 112 valence electrons. The normalized spacial score (nSPS) is 14.0. The number of nitrogens with zero attached hydrogens (tertiary/aromatic N) is 2. The van der Waals surface area contributed by atoms with Crippen molar-refractivity contribution in [3.8, 4) is 5.75 Å². The van der Waals surface area contributed by atoms with Crippen LogP contribution in [0.1, 0.15) is 30.2 Å². The number of likely N-dealkylation sites (N-methyl/N-ethyl adjacent to an activating group) is 1. The SMILES string of the molecule is COc1cccc(C(O)CN(C)C(C)c2cccnc2)c1. The van der Waals surface area contributed by atoms with Crippen LogP contribution in [0.15, 0.2) is 48.8 Å². The minimum atomic E-state index is -0.552. The molecule has 2 rings (SSSR count). The zero-order chi connectivity index (χ0) is 15.2. The molecule has 1 aromatic carbocycles. The molecule has 0 aliphatic heterocycles. The first-order valence-corrected chi connectivity index (χ1v) is 7.04. The number of aromatic nitrogens is 1. The molecule has 2 aromatic rings. The average Bonchev–Trinajstić information content (AvgIpc) is 2.54. The number of aliphatic hydroxyl groups excluding tert-OH is 1. The van der Waals surface area contributed by atoms with Crippen LogP contribution in [0.25, 0.3) is 0 Å². The molecule has 0 saturated carbocycles. The Labute approximate surface area is 126 Å². The van der Waals surface area contributed by atoms with Gasteiger partial charge in [-0.2, -0.15) is 0 Å². The quantitative estimate of drug-likeness (QED) is 0.887. The van der Waals surface area contributed by atoms with E-state index in [4.69, 9.17) is 4.74 Å². The molecular formula is C17H22N2O2. The van der Waals surface area contributed by atoms with Gasteiger partial charge in [-0.25, -0.2) is 0 Å². The van der Waals surface area contributed by atoms with E-state index >= 15 is 0 Å². The topological polar surface area (TPSA) is 45.6 Å². The average molecular weight is 286 g/mol. The van der Waals surface area contributed by atoms with E-state index in [1.165, 1.54) is 0 Å². The molecular weight excluding hydrogens is 264 g/mol. The van der Waals surface area contributed by atoms with E-state index in [2.05, 4.69) is 16.8 Å². The number of hydrogen-bond donors (Lipinski definition) is 1. The molecule has 1 aromatic heterocycles. The third kappa shape index (κ3) is 4.03. The third-order valence-corrected chi connectivity index (χ3v) is 3.77. The highest BCUT2D eigenvalue weighted by Crippen LogP contribution is 2.23. The van der Waals surface area contributed by atoms with E-state index in [1.807, 2.05) is 49.6 Å². The number of benzene rings is 1. The summed E-state index contributed by atoms with van der Waals surface area (Å²) in [6.07, 6.45) is 3.07. The van der Waals surface area contributed by atoms with Gasteiger partial charge < -0.3 is 9.84 Å². The maximum atomic E-state index is 10.4. The molecule has 2 atom stereocenters. The molecule has 0 amide bonds. The molecule has 0 fully saturated rings. The zero-order valence-corrected chi connectivity index (χ0v) is 12.7. The lowest BCUT2D eigenvalue weighted by atomic mass is 10.1. The molecule has 4 nitrogen and oxygen atoms in total. The first kappa shape index (κ1) is 15.5. The van der Waals surface area contributed by atoms with E-state index in [-0.39, 0.29) is 6.04 Å². The predicted molar refractivity (Wildman–Crippen MR) is 83.2 cm³/mol. The second kappa shape index (κ2) is 7.20. The summed E-state index contributed by atoms with van der Waals surface area (Å²) in [6.45, 7) is 2.65. The summed E-state index contributed by atoms with van der Waals surface area (Å²) in [6, 6.07) is 11.7. The fraction of sp³-hybridized carbons (Fsp3) is 0.353. The molecule has 21 heavy (non-hydrogen) atoms. The Bertz CT molecular complexity index is 560. The van der Waals surface area contributed by atoms with Gasteiger partial charge in [-0.1, -0.05) is 18.2 Å². The molecule has 2 unspecified atom stereocenters. The highest BCUT2D eigenvalue weighted by Gasteiger charge is 2.17. The Hall–Kier alpha value is -1.91. The molecule has 0 bridgehead atoms. The summed E-state index contributed by atoms with van der Waals surface area (Å²) in [4.78, 5) is 6.25. The minimum Gasteiger partial charge on any atom is -0.497 e. The van der Waals surface area contributed by atoms with E-state index in [9.17, 15) is 5.11 Å². The van der Waals surface area contributed by atoms with Crippen LogP contribution < -0.4 is 4.74 Å². The van der Waals surface area contributed by atoms with Crippen molar-refractivity contribution in [2.24, 2.45) is 0 Å². The highest BCUT2D eigenvalue weighted by atomic mass is 16.5. The predicted octanol–water partition coefficient (Wildman–Crippen LogP) is 2.82. The smallest absolute Gasteiger partial charge is 0.119 e. The second-order valence-electron chi connectivity index (χ2n) is 5.19. The van der Waals surface area contributed by atoms with Crippen LogP contribution in [0.2, 0.25) is 0 Å². The Morgan fingerprint density at radius 2 is 2.00 bits per heavy atom. The van der Waals surface area contributed by atoms with Gasteiger partial charge in [0.25, 0.3) is 0 Å². The molecule has 1 heterocycles. The fourth-order valence-electron chi connectivity index (χ4n) is 2.26. The van der Waals surface area contributed by atoms with Crippen LogP contribution in [-0.2, 0) is 0 Å². The number of rotatable bonds is 6. The van der Waals surface area contributed by atoms with E-state index in [0.29, 0.717) is 6.54 Å².